The lowest BCUT2D eigenvalue weighted by Gasteiger charge is -2.07. The van der Waals surface area contributed by atoms with Gasteiger partial charge in [0.25, 0.3) is 5.91 Å². The SMILES string of the molecule is Cc1nc(-c2ccc(Cl)s2)sc1C(=O)Nc1cccc(Oc2cnccn2)c1. The predicted molar refractivity (Wildman–Crippen MR) is 112 cm³/mol. The number of carbonyl (C=O) groups is 1. The van der Waals surface area contributed by atoms with Crippen molar-refractivity contribution < 1.29 is 9.53 Å². The van der Waals surface area contributed by atoms with Crippen LogP contribution in [0, 0.1) is 6.92 Å². The first kappa shape index (κ1) is 18.5. The van der Waals surface area contributed by atoms with E-state index in [4.69, 9.17) is 16.3 Å². The van der Waals surface area contributed by atoms with E-state index >= 15 is 0 Å². The van der Waals surface area contributed by atoms with Crippen molar-refractivity contribution in [1.82, 2.24) is 15.0 Å². The van der Waals surface area contributed by atoms with Gasteiger partial charge in [-0.3, -0.25) is 9.78 Å². The van der Waals surface area contributed by atoms with Gasteiger partial charge in [-0.15, -0.1) is 22.7 Å². The minimum atomic E-state index is -0.222. The highest BCUT2D eigenvalue weighted by atomic mass is 35.5. The third-order valence-electron chi connectivity index (χ3n) is 3.64. The second-order valence-corrected chi connectivity index (χ2v) is 8.38. The molecule has 3 heterocycles. The van der Waals surface area contributed by atoms with E-state index in [0.717, 1.165) is 9.88 Å². The van der Waals surface area contributed by atoms with Gasteiger partial charge in [0.1, 0.15) is 15.6 Å². The minimum absolute atomic E-state index is 0.222. The number of nitrogens with zero attached hydrogens (tertiary/aromatic N) is 3. The van der Waals surface area contributed by atoms with Crippen molar-refractivity contribution in [3.05, 3.63) is 69.9 Å². The molecule has 6 nitrogen and oxygen atoms in total. The second-order valence-electron chi connectivity index (χ2n) is 5.66. The van der Waals surface area contributed by atoms with Crippen molar-refractivity contribution >= 4 is 45.9 Å². The van der Waals surface area contributed by atoms with Crippen molar-refractivity contribution in [3.63, 3.8) is 0 Å². The van der Waals surface area contributed by atoms with Gasteiger partial charge in [-0.05, 0) is 31.2 Å². The topological polar surface area (TPSA) is 77.0 Å². The number of thiazole rings is 1. The van der Waals surface area contributed by atoms with Gasteiger partial charge in [-0.1, -0.05) is 17.7 Å². The number of hydrogen-bond acceptors (Lipinski definition) is 7. The van der Waals surface area contributed by atoms with E-state index in [9.17, 15) is 4.79 Å². The molecule has 1 amide bonds. The average molecular weight is 429 g/mol. The maximum atomic E-state index is 12.7. The molecule has 140 valence electrons. The van der Waals surface area contributed by atoms with Gasteiger partial charge in [0.05, 0.1) is 21.1 Å². The summed E-state index contributed by atoms with van der Waals surface area (Å²) in [5.41, 5.74) is 1.29. The number of anilines is 1. The standard InChI is InChI=1S/C19H13ClN4O2S2/c1-11-17(28-19(23-11)14-5-6-15(20)27-14)18(25)24-12-3-2-4-13(9-12)26-16-10-21-7-8-22-16/h2-10H,1H3,(H,24,25). The van der Waals surface area contributed by atoms with E-state index in [-0.39, 0.29) is 5.91 Å². The third kappa shape index (κ3) is 4.19. The van der Waals surface area contributed by atoms with Gasteiger partial charge in [0.2, 0.25) is 5.88 Å². The fourth-order valence-electron chi connectivity index (χ4n) is 2.43. The number of rotatable bonds is 5. The minimum Gasteiger partial charge on any atom is -0.437 e. The molecule has 9 heteroatoms. The summed E-state index contributed by atoms with van der Waals surface area (Å²) in [6.45, 7) is 1.82. The smallest absolute Gasteiger partial charge is 0.267 e. The highest BCUT2D eigenvalue weighted by Gasteiger charge is 2.17. The fourth-order valence-corrected chi connectivity index (χ4v) is 4.48. The molecule has 0 aliphatic rings. The lowest BCUT2D eigenvalue weighted by molar-refractivity contribution is 0.103. The highest BCUT2D eigenvalue weighted by Crippen LogP contribution is 2.35. The Hall–Kier alpha value is -2.81. The molecule has 28 heavy (non-hydrogen) atoms. The first-order valence-corrected chi connectivity index (χ1v) is 10.2. The Morgan fingerprint density at radius 1 is 1.18 bits per heavy atom. The Balaban J connectivity index is 1.51. The molecule has 0 atom stereocenters. The molecule has 4 aromatic rings. The molecule has 0 aliphatic carbocycles. The zero-order valence-electron chi connectivity index (χ0n) is 14.5. The largest absolute Gasteiger partial charge is 0.437 e. The van der Waals surface area contributed by atoms with E-state index in [1.54, 1.807) is 36.7 Å². The van der Waals surface area contributed by atoms with Crippen molar-refractivity contribution in [2.24, 2.45) is 0 Å². The third-order valence-corrected chi connectivity index (χ3v) is 6.20. The molecule has 0 radical (unpaired) electrons. The van der Waals surface area contributed by atoms with Crippen molar-refractivity contribution in [1.29, 1.82) is 0 Å². The number of hydrogen-bond donors (Lipinski definition) is 1. The second kappa shape index (κ2) is 8.05. The molecule has 1 aromatic carbocycles. The van der Waals surface area contributed by atoms with Crippen LogP contribution in [-0.2, 0) is 0 Å². The molecule has 1 N–H and O–H groups in total. The Kier molecular flexibility index (Phi) is 5.34. The van der Waals surface area contributed by atoms with Crippen LogP contribution in [0.4, 0.5) is 5.69 Å². The molecule has 0 saturated heterocycles. The highest BCUT2D eigenvalue weighted by molar-refractivity contribution is 7.24. The molecule has 4 rings (SSSR count). The van der Waals surface area contributed by atoms with E-state index in [1.807, 2.05) is 19.1 Å². The summed E-state index contributed by atoms with van der Waals surface area (Å²) in [6.07, 6.45) is 4.63. The maximum Gasteiger partial charge on any atom is 0.267 e. The van der Waals surface area contributed by atoms with Crippen LogP contribution in [-0.4, -0.2) is 20.9 Å². The Bertz CT molecular complexity index is 1130. The summed E-state index contributed by atoms with van der Waals surface area (Å²) in [7, 11) is 0. The van der Waals surface area contributed by atoms with Crippen LogP contribution in [0.3, 0.4) is 0 Å². The van der Waals surface area contributed by atoms with E-state index in [2.05, 4.69) is 20.3 Å². The van der Waals surface area contributed by atoms with Crippen LogP contribution >= 0.6 is 34.3 Å². The van der Waals surface area contributed by atoms with Crippen LogP contribution in [0.25, 0.3) is 9.88 Å². The molecular formula is C19H13ClN4O2S2. The monoisotopic (exact) mass is 428 g/mol. The summed E-state index contributed by atoms with van der Waals surface area (Å²) >= 11 is 8.77. The number of aromatic nitrogens is 3. The Labute approximate surface area is 173 Å². The number of nitrogens with one attached hydrogen (secondary N) is 1. The number of carbonyl (C=O) groups excluding carboxylic acids is 1. The van der Waals surface area contributed by atoms with Crippen molar-refractivity contribution in [2.45, 2.75) is 6.92 Å². The molecular weight excluding hydrogens is 416 g/mol. The molecule has 0 unspecified atom stereocenters. The lowest BCUT2D eigenvalue weighted by Crippen LogP contribution is -2.11. The summed E-state index contributed by atoms with van der Waals surface area (Å²) in [5, 5.41) is 3.67. The molecule has 3 aromatic heterocycles. The van der Waals surface area contributed by atoms with Crippen molar-refractivity contribution in [2.75, 3.05) is 5.32 Å². The Morgan fingerprint density at radius 3 is 2.82 bits per heavy atom. The van der Waals surface area contributed by atoms with Gasteiger partial charge in [0.15, 0.2) is 0 Å². The van der Waals surface area contributed by atoms with Crippen LogP contribution in [0.1, 0.15) is 15.4 Å². The normalized spacial score (nSPS) is 10.6. The summed E-state index contributed by atoms with van der Waals surface area (Å²) in [6, 6.07) is 10.8. The van der Waals surface area contributed by atoms with Gasteiger partial charge >= 0.3 is 0 Å². The summed E-state index contributed by atoms with van der Waals surface area (Å²) in [4.78, 5) is 26.8. The quantitative estimate of drug-likeness (QED) is 0.443. The summed E-state index contributed by atoms with van der Waals surface area (Å²) in [5.74, 6) is 0.706. The molecule has 0 spiro atoms. The number of ether oxygens (including phenoxy) is 1. The van der Waals surface area contributed by atoms with E-state index in [1.165, 1.54) is 28.9 Å². The number of thiophene rings is 1. The number of amides is 1. The molecule has 0 aliphatic heterocycles. The Morgan fingerprint density at radius 2 is 2.07 bits per heavy atom. The lowest BCUT2D eigenvalue weighted by atomic mass is 10.3. The van der Waals surface area contributed by atoms with Gasteiger partial charge < -0.3 is 10.1 Å². The van der Waals surface area contributed by atoms with Crippen LogP contribution in [0.2, 0.25) is 4.34 Å². The summed E-state index contributed by atoms with van der Waals surface area (Å²) < 4.78 is 6.34. The first-order chi connectivity index (χ1) is 13.6. The average Bonchev–Trinajstić information content (AvgIpc) is 3.28. The van der Waals surface area contributed by atoms with Crippen LogP contribution in [0.15, 0.2) is 55.0 Å². The number of halogens is 1. The van der Waals surface area contributed by atoms with Crippen LogP contribution in [0.5, 0.6) is 11.6 Å². The molecule has 0 bridgehead atoms. The van der Waals surface area contributed by atoms with Crippen molar-refractivity contribution in [3.8, 4) is 21.5 Å². The zero-order valence-corrected chi connectivity index (χ0v) is 16.9. The van der Waals surface area contributed by atoms with E-state index < -0.39 is 0 Å². The number of aryl methyl sites for hydroxylation is 1. The number of benzene rings is 1. The maximum absolute atomic E-state index is 12.7. The fraction of sp³-hybridized carbons (Fsp3) is 0.0526. The van der Waals surface area contributed by atoms with Gasteiger partial charge in [-0.2, -0.15) is 0 Å². The first-order valence-electron chi connectivity index (χ1n) is 8.17. The zero-order chi connectivity index (χ0) is 19.5. The van der Waals surface area contributed by atoms with Gasteiger partial charge in [0, 0.05) is 24.1 Å². The van der Waals surface area contributed by atoms with E-state index in [0.29, 0.717) is 32.2 Å². The van der Waals surface area contributed by atoms with Gasteiger partial charge in [-0.25, -0.2) is 9.97 Å². The molecule has 0 fully saturated rings. The molecule has 0 saturated carbocycles. The predicted octanol–water partition coefficient (Wildman–Crippen LogP) is 5.67. The van der Waals surface area contributed by atoms with Crippen LogP contribution < -0.4 is 10.1 Å².